The molecular weight excluding hydrogens is 358 g/mol. The molecule has 7 heteroatoms. The molecule has 0 radical (unpaired) electrons. The summed E-state index contributed by atoms with van der Waals surface area (Å²) in [6, 6.07) is 11.8. The second-order valence-electron chi connectivity index (χ2n) is 6.42. The number of rotatable bonds is 6. The Morgan fingerprint density at radius 2 is 1.79 bits per heavy atom. The van der Waals surface area contributed by atoms with Gasteiger partial charge in [-0.05, 0) is 41.5 Å². The van der Waals surface area contributed by atoms with Crippen molar-refractivity contribution in [2.24, 2.45) is 0 Å². The molecule has 7 nitrogen and oxygen atoms in total. The lowest BCUT2D eigenvalue weighted by atomic mass is 10.1. The lowest BCUT2D eigenvalue weighted by Gasteiger charge is -2.17. The number of carbonyl (C=O) groups is 2. The number of fused-ring (bicyclic) bond motifs is 1. The molecule has 0 saturated heterocycles. The highest BCUT2D eigenvalue weighted by atomic mass is 16.5. The predicted molar refractivity (Wildman–Crippen MR) is 104 cm³/mol. The van der Waals surface area contributed by atoms with E-state index in [1.54, 1.807) is 21.1 Å². The molecule has 0 bridgehead atoms. The molecule has 0 saturated carbocycles. The Hall–Kier alpha value is -3.48. The first-order valence-corrected chi connectivity index (χ1v) is 8.72. The number of hydrogen-bond acceptors (Lipinski definition) is 6. The van der Waals surface area contributed by atoms with Crippen LogP contribution in [0.1, 0.15) is 21.7 Å². The van der Waals surface area contributed by atoms with Crippen molar-refractivity contribution in [2.45, 2.75) is 13.5 Å². The lowest BCUT2D eigenvalue weighted by Crippen LogP contribution is -2.31. The molecule has 0 atom stereocenters. The fraction of sp³-hybridized carbons (Fsp3) is 0.238. The SMILES string of the molecule is COc1ccc2cc(CN(C)C(=O)COC(=O)c3cnc(C)cn3)ccc2c1. The molecule has 1 heterocycles. The summed E-state index contributed by atoms with van der Waals surface area (Å²) in [5, 5.41) is 2.12. The maximum atomic E-state index is 12.3. The van der Waals surface area contributed by atoms with Crippen molar-refractivity contribution in [1.82, 2.24) is 14.9 Å². The Balaban J connectivity index is 1.58. The summed E-state index contributed by atoms with van der Waals surface area (Å²) in [5.74, 6) is -0.176. The van der Waals surface area contributed by atoms with Crippen LogP contribution in [0.5, 0.6) is 5.75 Å². The monoisotopic (exact) mass is 379 g/mol. The second-order valence-corrected chi connectivity index (χ2v) is 6.42. The Morgan fingerprint density at radius 1 is 1.04 bits per heavy atom. The summed E-state index contributed by atoms with van der Waals surface area (Å²) in [4.78, 5) is 33.7. The van der Waals surface area contributed by atoms with Gasteiger partial charge in [0.05, 0.1) is 19.0 Å². The number of hydrogen-bond donors (Lipinski definition) is 0. The number of amides is 1. The van der Waals surface area contributed by atoms with Crippen molar-refractivity contribution >= 4 is 22.6 Å². The van der Waals surface area contributed by atoms with E-state index >= 15 is 0 Å². The molecule has 3 aromatic rings. The Kier molecular flexibility index (Phi) is 5.84. The maximum Gasteiger partial charge on any atom is 0.359 e. The molecule has 3 rings (SSSR count). The molecule has 0 fully saturated rings. The van der Waals surface area contributed by atoms with Crippen molar-refractivity contribution in [3.8, 4) is 5.75 Å². The minimum absolute atomic E-state index is 0.0750. The number of aromatic nitrogens is 2. The summed E-state index contributed by atoms with van der Waals surface area (Å²) < 4.78 is 10.3. The van der Waals surface area contributed by atoms with Gasteiger partial charge in [0.15, 0.2) is 12.3 Å². The van der Waals surface area contributed by atoms with Crippen LogP contribution in [0.15, 0.2) is 48.8 Å². The van der Waals surface area contributed by atoms with Crippen LogP contribution in [0.4, 0.5) is 0 Å². The van der Waals surface area contributed by atoms with E-state index in [9.17, 15) is 9.59 Å². The van der Waals surface area contributed by atoms with E-state index in [0.717, 1.165) is 22.1 Å². The molecule has 1 amide bonds. The van der Waals surface area contributed by atoms with Gasteiger partial charge >= 0.3 is 5.97 Å². The van der Waals surface area contributed by atoms with Crippen molar-refractivity contribution in [3.05, 3.63) is 65.7 Å². The van der Waals surface area contributed by atoms with E-state index in [-0.39, 0.29) is 18.2 Å². The second kappa shape index (κ2) is 8.47. The first-order chi connectivity index (χ1) is 13.5. The highest BCUT2D eigenvalue weighted by Crippen LogP contribution is 2.22. The summed E-state index contributed by atoms with van der Waals surface area (Å²) in [6.07, 6.45) is 2.80. The van der Waals surface area contributed by atoms with Crippen LogP contribution in [0.3, 0.4) is 0 Å². The minimum Gasteiger partial charge on any atom is -0.497 e. The zero-order valence-electron chi connectivity index (χ0n) is 16.0. The molecular formula is C21H21N3O4. The molecule has 28 heavy (non-hydrogen) atoms. The third-order valence-corrected chi connectivity index (χ3v) is 4.27. The summed E-state index contributed by atoms with van der Waals surface area (Å²) in [5.41, 5.74) is 1.75. The molecule has 0 spiro atoms. The van der Waals surface area contributed by atoms with Gasteiger partial charge in [-0.1, -0.05) is 18.2 Å². The number of methoxy groups -OCH3 is 1. The fourth-order valence-corrected chi connectivity index (χ4v) is 2.67. The average molecular weight is 379 g/mol. The molecule has 2 aromatic carbocycles. The van der Waals surface area contributed by atoms with Gasteiger partial charge in [-0.2, -0.15) is 0 Å². The number of aryl methyl sites for hydroxylation is 1. The van der Waals surface area contributed by atoms with Crippen molar-refractivity contribution in [3.63, 3.8) is 0 Å². The van der Waals surface area contributed by atoms with Crippen LogP contribution in [0, 0.1) is 6.92 Å². The van der Waals surface area contributed by atoms with Gasteiger partial charge in [-0.3, -0.25) is 9.78 Å². The minimum atomic E-state index is -0.672. The van der Waals surface area contributed by atoms with Gasteiger partial charge < -0.3 is 14.4 Å². The maximum absolute atomic E-state index is 12.3. The molecule has 0 aliphatic rings. The average Bonchev–Trinajstić information content (AvgIpc) is 2.71. The van der Waals surface area contributed by atoms with Crippen molar-refractivity contribution in [1.29, 1.82) is 0 Å². The largest absolute Gasteiger partial charge is 0.497 e. The molecule has 144 valence electrons. The van der Waals surface area contributed by atoms with E-state index < -0.39 is 5.97 Å². The van der Waals surface area contributed by atoms with Crippen LogP contribution in [0.2, 0.25) is 0 Å². The normalized spacial score (nSPS) is 10.5. The third kappa shape index (κ3) is 4.62. The molecule has 1 aromatic heterocycles. The Bertz CT molecular complexity index is 1000. The van der Waals surface area contributed by atoms with E-state index in [2.05, 4.69) is 9.97 Å². The highest BCUT2D eigenvalue weighted by Gasteiger charge is 2.15. The fourth-order valence-electron chi connectivity index (χ4n) is 2.67. The lowest BCUT2D eigenvalue weighted by molar-refractivity contribution is -0.133. The summed E-state index contributed by atoms with van der Waals surface area (Å²) in [6.45, 7) is 1.82. The number of esters is 1. The van der Waals surface area contributed by atoms with E-state index in [4.69, 9.17) is 9.47 Å². The number of benzene rings is 2. The smallest absolute Gasteiger partial charge is 0.359 e. The van der Waals surface area contributed by atoms with Crippen LogP contribution in [0.25, 0.3) is 10.8 Å². The van der Waals surface area contributed by atoms with Crippen LogP contribution in [-0.4, -0.2) is 47.5 Å². The summed E-state index contributed by atoms with van der Waals surface area (Å²) >= 11 is 0. The number of nitrogens with zero attached hydrogens (tertiary/aromatic N) is 3. The van der Waals surface area contributed by atoms with E-state index in [1.807, 2.05) is 36.4 Å². The zero-order chi connectivity index (χ0) is 20.1. The number of ether oxygens (including phenoxy) is 2. The van der Waals surface area contributed by atoms with Crippen molar-refractivity contribution < 1.29 is 19.1 Å². The van der Waals surface area contributed by atoms with Gasteiger partial charge in [-0.25, -0.2) is 9.78 Å². The van der Waals surface area contributed by atoms with Crippen LogP contribution in [-0.2, 0) is 16.1 Å². The van der Waals surface area contributed by atoms with E-state index in [1.165, 1.54) is 17.3 Å². The first kappa shape index (κ1) is 19.3. The van der Waals surface area contributed by atoms with Crippen LogP contribution < -0.4 is 4.74 Å². The predicted octanol–water partition coefficient (Wildman–Crippen LogP) is 2.76. The topological polar surface area (TPSA) is 81.6 Å². The van der Waals surface area contributed by atoms with Gasteiger partial charge in [0, 0.05) is 19.8 Å². The molecule has 0 N–H and O–H groups in total. The standard InChI is InChI=1S/C21H21N3O4/c1-14-10-23-19(11-22-14)21(26)28-13-20(25)24(2)12-15-4-5-17-9-18(27-3)7-6-16(17)8-15/h4-11H,12-13H2,1-3H3. The quantitative estimate of drug-likeness (QED) is 0.613. The van der Waals surface area contributed by atoms with Gasteiger partial charge in [0.25, 0.3) is 5.91 Å². The van der Waals surface area contributed by atoms with Gasteiger partial charge in [-0.15, -0.1) is 0 Å². The van der Waals surface area contributed by atoms with Crippen LogP contribution >= 0.6 is 0 Å². The number of likely N-dealkylation sites (N-methyl/N-ethyl adjacent to an activating group) is 1. The Morgan fingerprint density at radius 3 is 2.50 bits per heavy atom. The summed E-state index contributed by atoms with van der Waals surface area (Å²) in [7, 11) is 3.30. The highest BCUT2D eigenvalue weighted by molar-refractivity contribution is 5.89. The van der Waals surface area contributed by atoms with Gasteiger partial charge in [0.1, 0.15) is 5.75 Å². The number of carbonyl (C=O) groups excluding carboxylic acids is 2. The molecule has 0 aliphatic heterocycles. The van der Waals surface area contributed by atoms with E-state index in [0.29, 0.717) is 12.2 Å². The zero-order valence-corrected chi connectivity index (χ0v) is 16.0. The molecule has 0 unspecified atom stereocenters. The van der Waals surface area contributed by atoms with Gasteiger partial charge in [0.2, 0.25) is 0 Å². The van der Waals surface area contributed by atoms with Crippen molar-refractivity contribution in [2.75, 3.05) is 20.8 Å². The molecule has 0 aliphatic carbocycles. The first-order valence-electron chi connectivity index (χ1n) is 8.72. The third-order valence-electron chi connectivity index (χ3n) is 4.27. The Labute approximate surface area is 162 Å².